The molecule has 0 aliphatic heterocycles. The maximum Gasteiger partial charge on any atom is 0.226 e. The molecule has 0 atom stereocenters. The lowest BCUT2D eigenvalue weighted by Crippen LogP contribution is -2.41. The van der Waals surface area contributed by atoms with Crippen LogP contribution in [0.25, 0.3) is 11.5 Å². The summed E-state index contributed by atoms with van der Waals surface area (Å²) in [6, 6.07) is 7.14. The van der Waals surface area contributed by atoms with Gasteiger partial charge in [0.25, 0.3) is 0 Å². The van der Waals surface area contributed by atoms with Crippen LogP contribution >= 0.6 is 24.0 Å². The number of benzene rings is 1. The van der Waals surface area contributed by atoms with Crippen LogP contribution in [-0.2, 0) is 6.42 Å². The predicted molar refractivity (Wildman–Crippen MR) is 132 cm³/mol. The summed E-state index contributed by atoms with van der Waals surface area (Å²) in [6.07, 6.45) is 2.35. The van der Waals surface area contributed by atoms with Gasteiger partial charge in [-0.25, -0.2) is 9.37 Å². The lowest BCUT2D eigenvalue weighted by molar-refractivity contribution is 0.181. The van der Waals surface area contributed by atoms with E-state index in [2.05, 4.69) is 60.1 Å². The van der Waals surface area contributed by atoms with Crippen LogP contribution < -0.4 is 10.6 Å². The number of rotatable bonds is 10. The third-order valence-electron chi connectivity index (χ3n) is 4.62. The second-order valence-electron chi connectivity index (χ2n) is 7.51. The first-order chi connectivity index (χ1) is 13.9. The highest BCUT2D eigenvalue weighted by atomic mass is 127. The van der Waals surface area contributed by atoms with E-state index in [1.807, 2.05) is 0 Å². The van der Waals surface area contributed by atoms with Gasteiger partial charge in [0.05, 0.1) is 12.2 Å². The highest BCUT2D eigenvalue weighted by Crippen LogP contribution is 2.18. The topological polar surface area (TPSA) is 65.7 Å². The van der Waals surface area contributed by atoms with Crippen molar-refractivity contribution in [2.24, 2.45) is 4.99 Å². The molecule has 0 fully saturated rings. The van der Waals surface area contributed by atoms with Gasteiger partial charge in [-0.15, -0.1) is 24.0 Å². The van der Waals surface area contributed by atoms with Gasteiger partial charge in [0, 0.05) is 43.7 Å². The van der Waals surface area contributed by atoms with Crippen molar-refractivity contribution in [3.05, 3.63) is 42.0 Å². The number of guanidine groups is 1. The van der Waals surface area contributed by atoms with Crippen LogP contribution in [0.1, 0.15) is 40.3 Å². The third-order valence-corrected chi connectivity index (χ3v) is 4.62. The summed E-state index contributed by atoms with van der Waals surface area (Å²) in [5, 5.41) is 6.63. The Labute approximate surface area is 196 Å². The summed E-state index contributed by atoms with van der Waals surface area (Å²) in [6.45, 7) is 14.1. The maximum atomic E-state index is 13.0. The van der Waals surface area contributed by atoms with Crippen molar-refractivity contribution in [2.45, 2.75) is 53.1 Å². The predicted octanol–water partition coefficient (Wildman–Crippen LogP) is 4.32. The summed E-state index contributed by atoms with van der Waals surface area (Å²) in [7, 11) is 0. The summed E-state index contributed by atoms with van der Waals surface area (Å²) in [5.41, 5.74) is 1.61. The first-order valence-electron chi connectivity index (χ1n) is 10.4. The second kappa shape index (κ2) is 13.6. The summed E-state index contributed by atoms with van der Waals surface area (Å²) >= 11 is 0. The maximum absolute atomic E-state index is 13.0. The highest BCUT2D eigenvalue weighted by molar-refractivity contribution is 14.0. The van der Waals surface area contributed by atoms with Crippen LogP contribution in [0.15, 0.2) is 39.9 Å². The minimum atomic E-state index is -0.273. The first-order valence-corrected chi connectivity index (χ1v) is 10.4. The third kappa shape index (κ3) is 8.59. The van der Waals surface area contributed by atoms with Gasteiger partial charge in [-0.3, -0.25) is 9.89 Å². The van der Waals surface area contributed by atoms with Crippen LogP contribution in [0.2, 0.25) is 0 Å². The Hall–Kier alpha value is -1.68. The van der Waals surface area contributed by atoms with Crippen molar-refractivity contribution in [3.63, 3.8) is 0 Å². The lowest BCUT2D eigenvalue weighted by Gasteiger charge is -2.29. The van der Waals surface area contributed by atoms with Gasteiger partial charge >= 0.3 is 0 Å². The fraction of sp³-hybridized carbons (Fsp3) is 0.545. The monoisotopic (exact) mass is 531 g/mol. The first kappa shape index (κ1) is 26.4. The van der Waals surface area contributed by atoms with E-state index >= 15 is 0 Å². The van der Waals surface area contributed by atoms with Crippen LogP contribution in [-0.4, -0.2) is 54.1 Å². The van der Waals surface area contributed by atoms with Crippen molar-refractivity contribution in [3.8, 4) is 11.5 Å². The molecule has 0 saturated heterocycles. The molecule has 1 heterocycles. The van der Waals surface area contributed by atoms with E-state index in [-0.39, 0.29) is 29.8 Å². The van der Waals surface area contributed by atoms with E-state index in [0.29, 0.717) is 30.9 Å². The van der Waals surface area contributed by atoms with Gasteiger partial charge < -0.3 is 15.1 Å². The van der Waals surface area contributed by atoms with Gasteiger partial charge in [-0.2, -0.15) is 0 Å². The molecule has 8 heteroatoms. The molecule has 2 N–H and O–H groups in total. The molecule has 0 aliphatic carbocycles. The number of nitrogens with zero attached hydrogens (tertiary/aromatic N) is 3. The number of hydrogen-bond donors (Lipinski definition) is 2. The lowest BCUT2D eigenvalue weighted by atomic mass is 10.2. The molecule has 0 amide bonds. The smallest absolute Gasteiger partial charge is 0.226 e. The van der Waals surface area contributed by atoms with Gasteiger partial charge in [-0.1, -0.05) is 0 Å². The van der Waals surface area contributed by atoms with Crippen molar-refractivity contribution in [1.29, 1.82) is 0 Å². The molecule has 0 radical (unpaired) electrons. The number of oxazole rings is 1. The van der Waals surface area contributed by atoms with E-state index in [1.54, 1.807) is 18.4 Å². The van der Waals surface area contributed by atoms with E-state index in [9.17, 15) is 4.39 Å². The second-order valence-corrected chi connectivity index (χ2v) is 7.51. The number of halogens is 2. The molecule has 2 aromatic rings. The molecule has 0 saturated carbocycles. The Bertz CT molecular complexity index is 753. The molecule has 0 spiro atoms. The van der Waals surface area contributed by atoms with Crippen LogP contribution in [0.3, 0.4) is 0 Å². The molecule has 6 nitrogen and oxygen atoms in total. The van der Waals surface area contributed by atoms with Gasteiger partial charge in [-0.05, 0) is 58.9 Å². The molecule has 0 bridgehead atoms. The highest BCUT2D eigenvalue weighted by Gasteiger charge is 2.12. The molecule has 0 unspecified atom stereocenters. The average Bonchev–Trinajstić information content (AvgIpc) is 3.14. The van der Waals surface area contributed by atoms with Crippen LogP contribution in [0.4, 0.5) is 4.39 Å². The molecular formula is C22H35FIN5O. The summed E-state index contributed by atoms with van der Waals surface area (Å²) in [4.78, 5) is 11.6. The number of aromatic nitrogens is 1. The fourth-order valence-corrected chi connectivity index (χ4v) is 3.19. The zero-order valence-electron chi connectivity index (χ0n) is 18.6. The van der Waals surface area contributed by atoms with Crippen molar-refractivity contribution in [1.82, 2.24) is 20.5 Å². The van der Waals surface area contributed by atoms with E-state index in [4.69, 9.17) is 4.42 Å². The van der Waals surface area contributed by atoms with E-state index < -0.39 is 0 Å². The van der Waals surface area contributed by atoms with E-state index in [1.165, 1.54) is 12.1 Å². The standard InChI is InChI=1S/C22H34FN5O.HI/c1-6-24-22(26-13-14-28(16(2)3)17(4)5)25-12-11-20-15-29-21(27-20)18-7-9-19(23)10-8-18;/h7-10,15-17H,6,11-14H2,1-5H3,(H2,24,25,26);1H. The summed E-state index contributed by atoms with van der Waals surface area (Å²) < 4.78 is 18.6. The Morgan fingerprint density at radius 3 is 2.40 bits per heavy atom. The Balaban J connectivity index is 0.00000450. The average molecular weight is 531 g/mol. The minimum Gasteiger partial charge on any atom is -0.444 e. The number of hydrogen-bond acceptors (Lipinski definition) is 4. The van der Waals surface area contributed by atoms with E-state index in [0.717, 1.165) is 36.9 Å². The zero-order chi connectivity index (χ0) is 21.2. The Kier molecular flexibility index (Phi) is 11.9. The van der Waals surface area contributed by atoms with Crippen molar-refractivity contribution < 1.29 is 8.81 Å². The molecule has 1 aromatic carbocycles. The number of aliphatic imine (C=N–C) groups is 1. The van der Waals surface area contributed by atoms with Crippen molar-refractivity contribution in [2.75, 3.05) is 26.2 Å². The minimum absolute atomic E-state index is 0. The van der Waals surface area contributed by atoms with Gasteiger partial charge in [0.2, 0.25) is 5.89 Å². The Morgan fingerprint density at radius 2 is 1.80 bits per heavy atom. The van der Waals surface area contributed by atoms with Gasteiger partial charge in [0.15, 0.2) is 5.96 Å². The van der Waals surface area contributed by atoms with Crippen molar-refractivity contribution >= 4 is 29.9 Å². The molecular weight excluding hydrogens is 496 g/mol. The summed E-state index contributed by atoms with van der Waals surface area (Å²) in [5.74, 6) is 1.04. The largest absolute Gasteiger partial charge is 0.444 e. The normalized spacial score (nSPS) is 11.8. The quantitative estimate of drug-likeness (QED) is 0.272. The van der Waals surface area contributed by atoms with Crippen LogP contribution in [0.5, 0.6) is 0 Å². The molecule has 168 valence electrons. The Morgan fingerprint density at radius 1 is 1.13 bits per heavy atom. The van der Waals surface area contributed by atoms with Gasteiger partial charge in [0.1, 0.15) is 12.1 Å². The zero-order valence-corrected chi connectivity index (χ0v) is 20.9. The molecule has 30 heavy (non-hydrogen) atoms. The molecule has 0 aliphatic rings. The molecule has 1 aromatic heterocycles. The fourth-order valence-electron chi connectivity index (χ4n) is 3.19. The molecule has 2 rings (SSSR count). The number of nitrogens with one attached hydrogen (secondary N) is 2. The SMILES string of the molecule is CCNC(=NCCN(C(C)C)C(C)C)NCCc1coc(-c2ccc(F)cc2)n1.I. The van der Waals surface area contributed by atoms with Crippen LogP contribution in [0, 0.1) is 5.82 Å².